The highest BCUT2D eigenvalue weighted by Gasteiger charge is 2.08. The van der Waals surface area contributed by atoms with Crippen LogP contribution >= 0.6 is 15.9 Å². The van der Waals surface area contributed by atoms with Gasteiger partial charge in [-0.15, -0.1) is 0 Å². The molecule has 1 aromatic rings. The summed E-state index contributed by atoms with van der Waals surface area (Å²) in [5.74, 6) is -0.893. The molecule has 1 heterocycles. The largest absolute Gasteiger partial charge is 0.481 e. The van der Waals surface area contributed by atoms with Gasteiger partial charge in [-0.05, 0) is 41.4 Å². The summed E-state index contributed by atoms with van der Waals surface area (Å²) in [5.41, 5.74) is 1.74. The maximum atomic E-state index is 11.4. The summed E-state index contributed by atoms with van der Waals surface area (Å²) in [6.45, 7) is 3.72. The van der Waals surface area contributed by atoms with Crippen LogP contribution in [0.1, 0.15) is 24.1 Å². The van der Waals surface area contributed by atoms with E-state index >= 15 is 0 Å². The van der Waals surface area contributed by atoms with Gasteiger partial charge in [0.05, 0.1) is 12.1 Å². The Morgan fingerprint density at radius 3 is 2.59 bits per heavy atom. The van der Waals surface area contributed by atoms with Crippen molar-refractivity contribution in [3.8, 4) is 0 Å². The van der Waals surface area contributed by atoms with Gasteiger partial charge in [0.2, 0.25) is 5.91 Å². The number of amides is 1. The summed E-state index contributed by atoms with van der Waals surface area (Å²) in [4.78, 5) is 25.9. The first-order valence-corrected chi connectivity index (χ1v) is 5.85. The third-order valence-electron chi connectivity index (χ3n) is 2.14. The van der Waals surface area contributed by atoms with Crippen molar-refractivity contribution in [3.05, 3.63) is 21.8 Å². The van der Waals surface area contributed by atoms with Crippen LogP contribution in [0.15, 0.2) is 10.5 Å². The fourth-order valence-electron chi connectivity index (χ4n) is 1.31. The molecule has 0 aliphatic carbocycles. The zero-order valence-corrected chi connectivity index (χ0v) is 11.2. The average molecular weight is 301 g/mol. The molecule has 1 aromatic heterocycles. The number of aliphatic carboxylic acids is 1. The molecule has 0 fully saturated rings. The number of halogens is 1. The van der Waals surface area contributed by atoms with E-state index in [-0.39, 0.29) is 18.7 Å². The van der Waals surface area contributed by atoms with Gasteiger partial charge in [0.15, 0.2) is 0 Å². The van der Waals surface area contributed by atoms with Crippen LogP contribution < -0.4 is 5.32 Å². The number of pyridine rings is 1. The number of carbonyl (C=O) groups is 2. The van der Waals surface area contributed by atoms with Gasteiger partial charge >= 0.3 is 5.97 Å². The van der Waals surface area contributed by atoms with Crippen LogP contribution in [-0.2, 0) is 9.59 Å². The average Bonchev–Trinajstić information content (AvgIpc) is 2.23. The van der Waals surface area contributed by atoms with Gasteiger partial charge in [-0.3, -0.25) is 9.59 Å². The van der Waals surface area contributed by atoms with Gasteiger partial charge in [-0.1, -0.05) is 0 Å². The summed E-state index contributed by atoms with van der Waals surface area (Å²) in [7, 11) is 0. The normalized spacial score (nSPS) is 10.1. The first-order chi connectivity index (χ1) is 7.90. The summed E-state index contributed by atoms with van der Waals surface area (Å²) in [6.07, 6.45) is -0.231. The van der Waals surface area contributed by atoms with Gasteiger partial charge < -0.3 is 10.4 Å². The summed E-state index contributed by atoms with van der Waals surface area (Å²) < 4.78 is 0.904. The SMILES string of the molecule is Cc1cc(NC(=O)CCC(=O)O)nc(C)c1Br. The molecule has 0 radical (unpaired) electrons. The Bertz CT molecular complexity index is 437. The number of aromatic nitrogens is 1. The highest BCUT2D eigenvalue weighted by molar-refractivity contribution is 9.10. The minimum atomic E-state index is -0.990. The number of anilines is 1. The van der Waals surface area contributed by atoms with Crippen molar-refractivity contribution in [2.24, 2.45) is 0 Å². The Balaban J connectivity index is 2.69. The standard InChI is InChI=1S/C11H13BrN2O3/c1-6-5-8(13-7(2)11(6)12)14-9(15)3-4-10(16)17/h5H,3-4H2,1-2H3,(H,16,17)(H,13,14,15). The second-order valence-electron chi connectivity index (χ2n) is 3.67. The van der Waals surface area contributed by atoms with E-state index in [1.165, 1.54) is 0 Å². The maximum Gasteiger partial charge on any atom is 0.303 e. The number of rotatable bonds is 4. The van der Waals surface area contributed by atoms with Crippen LogP contribution in [-0.4, -0.2) is 22.0 Å². The molecule has 0 saturated heterocycles. The molecule has 5 nitrogen and oxygen atoms in total. The molecule has 0 aliphatic rings. The van der Waals surface area contributed by atoms with E-state index in [1.807, 2.05) is 13.8 Å². The molecule has 1 rings (SSSR count). The van der Waals surface area contributed by atoms with Crippen molar-refractivity contribution in [1.82, 2.24) is 4.98 Å². The van der Waals surface area contributed by atoms with Crippen molar-refractivity contribution < 1.29 is 14.7 Å². The van der Waals surface area contributed by atoms with E-state index in [0.29, 0.717) is 5.82 Å². The molecular weight excluding hydrogens is 288 g/mol. The molecule has 0 saturated carbocycles. The fraction of sp³-hybridized carbons (Fsp3) is 0.364. The zero-order chi connectivity index (χ0) is 13.0. The summed E-state index contributed by atoms with van der Waals surface area (Å²) >= 11 is 3.38. The van der Waals surface area contributed by atoms with Crippen LogP contribution in [0.2, 0.25) is 0 Å². The molecule has 0 aromatic carbocycles. The Morgan fingerprint density at radius 1 is 1.41 bits per heavy atom. The van der Waals surface area contributed by atoms with Crippen molar-refractivity contribution in [3.63, 3.8) is 0 Å². The van der Waals surface area contributed by atoms with Crippen molar-refractivity contribution in [1.29, 1.82) is 0 Å². The molecule has 0 unspecified atom stereocenters. The molecule has 0 aliphatic heterocycles. The second-order valence-corrected chi connectivity index (χ2v) is 4.46. The molecule has 92 valence electrons. The zero-order valence-electron chi connectivity index (χ0n) is 9.58. The van der Waals surface area contributed by atoms with Crippen LogP contribution in [0.3, 0.4) is 0 Å². The van der Waals surface area contributed by atoms with Crippen LogP contribution in [0.25, 0.3) is 0 Å². The van der Waals surface area contributed by atoms with Crippen molar-refractivity contribution in [2.75, 3.05) is 5.32 Å². The molecule has 0 bridgehead atoms. The van der Waals surface area contributed by atoms with Crippen LogP contribution in [0, 0.1) is 13.8 Å². The number of nitrogens with zero attached hydrogens (tertiary/aromatic N) is 1. The van der Waals surface area contributed by atoms with Crippen LogP contribution in [0.5, 0.6) is 0 Å². The molecule has 6 heteroatoms. The lowest BCUT2D eigenvalue weighted by Gasteiger charge is -2.08. The van der Waals surface area contributed by atoms with E-state index in [0.717, 1.165) is 15.7 Å². The molecule has 0 spiro atoms. The number of carboxylic acid groups (broad SMARTS) is 1. The third-order valence-corrected chi connectivity index (χ3v) is 3.34. The van der Waals surface area contributed by atoms with Gasteiger partial charge in [0.25, 0.3) is 0 Å². The summed E-state index contributed by atoms with van der Waals surface area (Å²) in [5, 5.41) is 11.0. The monoisotopic (exact) mass is 300 g/mol. The predicted octanol–water partition coefficient (Wildman–Crippen LogP) is 2.26. The van der Waals surface area contributed by atoms with E-state index in [4.69, 9.17) is 5.11 Å². The van der Waals surface area contributed by atoms with Gasteiger partial charge in [0, 0.05) is 10.9 Å². The van der Waals surface area contributed by atoms with Gasteiger partial charge in [-0.2, -0.15) is 0 Å². The molecule has 1 amide bonds. The number of nitrogens with one attached hydrogen (secondary N) is 1. The Kier molecular flexibility index (Phi) is 4.62. The van der Waals surface area contributed by atoms with E-state index in [1.54, 1.807) is 6.07 Å². The highest BCUT2D eigenvalue weighted by Crippen LogP contribution is 2.21. The molecular formula is C11H13BrN2O3. The minimum Gasteiger partial charge on any atom is -0.481 e. The number of hydrogen-bond acceptors (Lipinski definition) is 3. The Morgan fingerprint density at radius 2 is 2.06 bits per heavy atom. The number of carbonyl (C=O) groups excluding carboxylic acids is 1. The maximum absolute atomic E-state index is 11.4. The van der Waals surface area contributed by atoms with E-state index in [2.05, 4.69) is 26.2 Å². The number of carboxylic acids is 1. The Hall–Kier alpha value is -1.43. The number of hydrogen-bond donors (Lipinski definition) is 2. The molecule has 2 N–H and O–H groups in total. The lowest BCUT2D eigenvalue weighted by Crippen LogP contribution is -2.14. The summed E-state index contributed by atoms with van der Waals surface area (Å²) in [6, 6.07) is 1.73. The second kappa shape index (κ2) is 5.77. The fourth-order valence-corrected chi connectivity index (χ4v) is 1.51. The third kappa shape index (κ3) is 4.14. The van der Waals surface area contributed by atoms with Crippen molar-refractivity contribution in [2.45, 2.75) is 26.7 Å². The quantitative estimate of drug-likeness (QED) is 0.894. The van der Waals surface area contributed by atoms with E-state index in [9.17, 15) is 9.59 Å². The predicted molar refractivity (Wildman–Crippen MR) is 66.9 cm³/mol. The minimum absolute atomic E-state index is 0.0504. The van der Waals surface area contributed by atoms with Gasteiger partial charge in [0.1, 0.15) is 5.82 Å². The Labute approximate surface area is 107 Å². The number of aryl methyl sites for hydroxylation is 2. The van der Waals surface area contributed by atoms with Gasteiger partial charge in [-0.25, -0.2) is 4.98 Å². The molecule has 17 heavy (non-hydrogen) atoms. The van der Waals surface area contributed by atoms with Crippen LogP contribution in [0.4, 0.5) is 5.82 Å². The lowest BCUT2D eigenvalue weighted by atomic mass is 10.2. The highest BCUT2D eigenvalue weighted by atomic mass is 79.9. The lowest BCUT2D eigenvalue weighted by molar-refractivity contribution is -0.138. The molecule has 0 atom stereocenters. The van der Waals surface area contributed by atoms with Crippen molar-refractivity contribution >= 4 is 33.6 Å². The smallest absolute Gasteiger partial charge is 0.303 e. The first-order valence-electron chi connectivity index (χ1n) is 5.05. The topological polar surface area (TPSA) is 79.3 Å². The first kappa shape index (κ1) is 13.6. The van der Waals surface area contributed by atoms with E-state index < -0.39 is 5.97 Å².